The van der Waals surface area contributed by atoms with Gasteiger partial charge in [0.05, 0.1) is 10.5 Å². The largest absolute Gasteiger partial charge is 0.399 e. The Morgan fingerprint density at radius 2 is 2.21 bits per heavy atom. The summed E-state index contributed by atoms with van der Waals surface area (Å²) in [5, 5.41) is 8.97. The first-order valence-corrected chi connectivity index (χ1v) is 7.18. The van der Waals surface area contributed by atoms with E-state index >= 15 is 0 Å². The number of benzene rings is 1. The number of rotatable bonds is 5. The van der Waals surface area contributed by atoms with Crippen LogP contribution in [0, 0.1) is 23.7 Å². The quantitative estimate of drug-likeness (QED) is 0.624. The molecule has 0 heterocycles. The number of nitrogen functional groups attached to an aromatic ring is 1. The molecule has 6 heteroatoms. The molecule has 0 radical (unpaired) electrons. The maximum Gasteiger partial charge on any atom is 0.242 e. The Bertz CT molecular complexity index is 639. The van der Waals surface area contributed by atoms with Gasteiger partial charge in [-0.15, -0.1) is 12.3 Å². The molecular formula is C13H15N3O2S. The fourth-order valence-electron chi connectivity index (χ4n) is 1.56. The Labute approximate surface area is 113 Å². The summed E-state index contributed by atoms with van der Waals surface area (Å²) in [6.07, 6.45) is 6.05. The van der Waals surface area contributed by atoms with Gasteiger partial charge in [0, 0.05) is 18.2 Å². The molecule has 0 aliphatic heterocycles. The fraction of sp³-hybridized carbons (Fsp3) is 0.308. The van der Waals surface area contributed by atoms with Gasteiger partial charge in [0.2, 0.25) is 10.0 Å². The van der Waals surface area contributed by atoms with E-state index in [1.165, 1.54) is 18.2 Å². The van der Waals surface area contributed by atoms with E-state index in [-0.39, 0.29) is 16.5 Å². The maximum atomic E-state index is 12.2. The molecule has 1 aromatic rings. The summed E-state index contributed by atoms with van der Waals surface area (Å²) in [4.78, 5) is -0.0836. The summed E-state index contributed by atoms with van der Waals surface area (Å²) in [5.74, 6) is 2.42. The Morgan fingerprint density at radius 1 is 1.53 bits per heavy atom. The molecule has 0 fully saturated rings. The molecule has 3 N–H and O–H groups in total. The number of anilines is 1. The second kappa shape index (κ2) is 6.24. The van der Waals surface area contributed by atoms with Gasteiger partial charge in [-0.3, -0.25) is 0 Å². The number of hydrogen-bond acceptors (Lipinski definition) is 4. The monoisotopic (exact) mass is 277 g/mol. The normalized spacial score (nSPS) is 12.4. The van der Waals surface area contributed by atoms with E-state index in [1.807, 2.05) is 13.0 Å². The number of nitrogens with zero attached hydrogens (tertiary/aromatic N) is 1. The molecule has 0 amide bonds. The predicted molar refractivity (Wildman–Crippen MR) is 73.4 cm³/mol. The molecule has 0 aliphatic rings. The van der Waals surface area contributed by atoms with Crippen LogP contribution in [-0.2, 0) is 10.0 Å². The zero-order valence-electron chi connectivity index (χ0n) is 10.6. The number of nitrogens with one attached hydrogen (secondary N) is 1. The van der Waals surface area contributed by atoms with Crippen LogP contribution in [0.15, 0.2) is 23.1 Å². The second-order valence-electron chi connectivity index (χ2n) is 4.00. The van der Waals surface area contributed by atoms with E-state index in [0.29, 0.717) is 18.5 Å². The Hall–Kier alpha value is -2.02. The van der Waals surface area contributed by atoms with Crippen molar-refractivity contribution in [2.45, 2.75) is 30.7 Å². The van der Waals surface area contributed by atoms with E-state index in [2.05, 4.69) is 10.6 Å². The Morgan fingerprint density at radius 3 is 2.74 bits per heavy atom. The molecular weight excluding hydrogens is 262 g/mol. The molecule has 0 aromatic heterocycles. The highest BCUT2D eigenvalue weighted by atomic mass is 32.2. The molecule has 0 spiro atoms. The highest BCUT2D eigenvalue weighted by Gasteiger charge is 2.21. The summed E-state index contributed by atoms with van der Waals surface area (Å²) in [6.45, 7) is 1.83. The Balaban J connectivity index is 3.15. The average Bonchev–Trinajstić information content (AvgIpc) is 2.37. The van der Waals surface area contributed by atoms with Crippen molar-refractivity contribution in [1.82, 2.24) is 4.72 Å². The lowest BCUT2D eigenvalue weighted by atomic mass is 10.2. The van der Waals surface area contributed by atoms with Gasteiger partial charge in [0.1, 0.15) is 6.07 Å². The number of nitrogens with two attached hydrogens (primary N) is 1. The smallest absolute Gasteiger partial charge is 0.242 e. The van der Waals surface area contributed by atoms with Gasteiger partial charge in [0.15, 0.2) is 0 Å². The molecule has 100 valence electrons. The van der Waals surface area contributed by atoms with Crippen LogP contribution in [0.4, 0.5) is 5.69 Å². The molecule has 0 saturated heterocycles. The van der Waals surface area contributed by atoms with Crippen LogP contribution in [0.5, 0.6) is 0 Å². The molecule has 0 saturated carbocycles. The van der Waals surface area contributed by atoms with Crippen molar-refractivity contribution in [1.29, 1.82) is 5.26 Å². The van der Waals surface area contributed by atoms with Crippen molar-refractivity contribution in [2.24, 2.45) is 0 Å². The van der Waals surface area contributed by atoms with E-state index in [0.717, 1.165) is 0 Å². The van der Waals surface area contributed by atoms with Crippen LogP contribution >= 0.6 is 0 Å². The molecule has 1 aromatic carbocycles. The first kappa shape index (κ1) is 15.0. The summed E-state index contributed by atoms with van der Waals surface area (Å²) in [6, 6.07) is 5.57. The van der Waals surface area contributed by atoms with Gasteiger partial charge in [-0.2, -0.15) is 5.26 Å². The van der Waals surface area contributed by atoms with Crippen molar-refractivity contribution >= 4 is 15.7 Å². The highest BCUT2D eigenvalue weighted by molar-refractivity contribution is 7.89. The number of nitriles is 1. The van der Waals surface area contributed by atoms with Gasteiger partial charge in [-0.05, 0) is 24.6 Å². The molecule has 1 atom stereocenters. The number of hydrogen-bond donors (Lipinski definition) is 2. The topological polar surface area (TPSA) is 96.0 Å². The lowest BCUT2D eigenvalue weighted by molar-refractivity contribution is 0.544. The summed E-state index contributed by atoms with van der Waals surface area (Å²) >= 11 is 0. The van der Waals surface area contributed by atoms with E-state index < -0.39 is 10.0 Å². The van der Waals surface area contributed by atoms with Gasteiger partial charge in [0.25, 0.3) is 0 Å². The molecule has 1 unspecified atom stereocenters. The lowest BCUT2D eigenvalue weighted by Gasteiger charge is -2.15. The predicted octanol–water partition coefficient (Wildman–Crippen LogP) is 1.22. The minimum absolute atomic E-state index is 0.0167. The molecule has 19 heavy (non-hydrogen) atoms. The first-order chi connectivity index (χ1) is 8.94. The zero-order valence-corrected chi connectivity index (χ0v) is 11.4. The summed E-state index contributed by atoms with van der Waals surface area (Å²) in [5.41, 5.74) is 5.88. The molecule has 5 nitrogen and oxygen atoms in total. The minimum atomic E-state index is -3.78. The third-order valence-corrected chi connectivity index (χ3v) is 4.17. The minimum Gasteiger partial charge on any atom is -0.399 e. The van der Waals surface area contributed by atoms with Crippen molar-refractivity contribution in [3.63, 3.8) is 0 Å². The third-order valence-electron chi connectivity index (χ3n) is 2.59. The standard InChI is InChI=1S/C13H15N3O2S/c1-3-5-12(4-2)16-19(17,18)13-7-6-11(15)8-10(13)9-14/h1,6-8,12,16H,4-5,15H2,2H3. The fourth-order valence-corrected chi connectivity index (χ4v) is 3.02. The summed E-state index contributed by atoms with van der Waals surface area (Å²) < 4.78 is 26.9. The van der Waals surface area contributed by atoms with Gasteiger partial charge >= 0.3 is 0 Å². The van der Waals surface area contributed by atoms with Crippen LogP contribution in [0.25, 0.3) is 0 Å². The van der Waals surface area contributed by atoms with E-state index in [1.54, 1.807) is 0 Å². The molecule has 1 rings (SSSR count). The molecule has 0 bridgehead atoms. The van der Waals surface area contributed by atoms with Crippen molar-refractivity contribution < 1.29 is 8.42 Å². The SMILES string of the molecule is C#CCC(CC)NS(=O)(=O)c1ccc(N)cc1C#N. The Kier molecular flexibility index (Phi) is 4.94. The van der Waals surface area contributed by atoms with Crippen LogP contribution in [0.1, 0.15) is 25.3 Å². The van der Waals surface area contributed by atoms with E-state index in [9.17, 15) is 8.42 Å². The van der Waals surface area contributed by atoms with Crippen molar-refractivity contribution in [3.8, 4) is 18.4 Å². The highest BCUT2D eigenvalue weighted by Crippen LogP contribution is 2.18. The number of sulfonamides is 1. The van der Waals surface area contributed by atoms with E-state index in [4.69, 9.17) is 17.4 Å². The van der Waals surface area contributed by atoms with Gasteiger partial charge in [-0.25, -0.2) is 13.1 Å². The van der Waals surface area contributed by atoms with Crippen LogP contribution < -0.4 is 10.5 Å². The van der Waals surface area contributed by atoms with Crippen LogP contribution in [0.3, 0.4) is 0 Å². The lowest BCUT2D eigenvalue weighted by Crippen LogP contribution is -2.34. The summed E-state index contributed by atoms with van der Waals surface area (Å²) in [7, 11) is -3.78. The van der Waals surface area contributed by atoms with Crippen molar-refractivity contribution in [3.05, 3.63) is 23.8 Å². The van der Waals surface area contributed by atoms with Crippen LogP contribution in [-0.4, -0.2) is 14.5 Å². The number of terminal acetylenes is 1. The van der Waals surface area contributed by atoms with Crippen molar-refractivity contribution in [2.75, 3.05) is 5.73 Å². The molecule has 0 aliphatic carbocycles. The third kappa shape index (κ3) is 3.72. The zero-order chi connectivity index (χ0) is 14.5. The van der Waals surface area contributed by atoms with Gasteiger partial charge in [-0.1, -0.05) is 6.92 Å². The van der Waals surface area contributed by atoms with Gasteiger partial charge < -0.3 is 5.73 Å². The second-order valence-corrected chi connectivity index (χ2v) is 5.68. The average molecular weight is 277 g/mol. The first-order valence-electron chi connectivity index (χ1n) is 5.70. The van der Waals surface area contributed by atoms with Crippen LogP contribution in [0.2, 0.25) is 0 Å². The maximum absolute atomic E-state index is 12.2.